The third-order valence-corrected chi connectivity index (χ3v) is 0.863. The summed E-state index contributed by atoms with van der Waals surface area (Å²) in [7, 11) is 0. The lowest BCUT2D eigenvalue weighted by atomic mass is 10.8. The second kappa shape index (κ2) is 2.56. The van der Waals surface area contributed by atoms with Crippen molar-refractivity contribution in [2.75, 3.05) is 5.43 Å². The molecule has 0 atom stereocenters. The van der Waals surface area contributed by atoms with E-state index in [0.29, 0.717) is 0 Å². The number of tetrazole rings is 1. The van der Waals surface area contributed by atoms with Gasteiger partial charge < -0.3 is 0 Å². The van der Waals surface area contributed by atoms with Gasteiger partial charge in [0.1, 0.15) is 0 Å². The van der Waals surface area contributed by atoms with Gasteiger partial charge in [0.2, 0.25) is 10.7 Å². The van der Waals surface area contributed by atoms with Gasteiger partial charge in [0.25, 0.3) is 0 Å². The first-order chi connectivity index (χ1) is 4.68. The fourth-order valence-electron chi connectivity index (χ4n) is 0.420. The first kappa shape index (κ1) is 6.87. The van der Waals surface area contributed by atoms with Crippen molar-refractivity contribution in [2.24, 2.45) is 0 Å². The summed E-state index contributed by atoms with van der Waals surface area (Å²) >= 11 is 4.58. The van der Waals surface area contributed by atoms with E-state index in [0.717, 1.165) is 4.91 Å². The van der Waals surface area contributed by atoms with Crippen molar-refractivity contribution in [1.29, 1.82) is 0 Å². The number of carbonyl (C=O) groups excluding carboxylic acids is 1. The number of amides is 1. The van der Waals surface area contributed by atoms with E-state index < -0.39 is 0 Å². The number of carbonyl (C=O) groups is 1. The van der Waals surface area contributed by atoms with Crippen LogP contribution in [-0.2, 0) is 4.79 Å². The average molecular weight is 159 g/mol. The number of aromatic nitrogens is 4. The van der Waals surface area contributed by atoms with Crippen molar-refractivity contribution in [3.8, 4) is 0 Å². The molecule has 0 aliphatic heterocycles. The van der Waals surface area contributed by atoms with E-state index in [1.165, 1.54) is 6.92 Å². The lowest BCUT2D eigenvalue weighted by Crippen LogP contribution is -2.22. The normalized spacial score (nSPS) is 9.30. The van der Waals surface area contributed by atoms with Gasteiger partial charge in [-0.1, -0.05) is 10.0 Å². The summed E-state index contributed by atoms with van der Waals surface area (Å²) in [6.07, 6.45) is 0. The minimum atomic E-state index is -0.240. The summed E-state index contributed by atoms with van der Waals surface area (Å²) in [6, 6.07) is 0. The molecule has 6 nitrogen and oxygen atoms in total. The van der Waals surface area contributed by atoms with Gasteiger partial charge in [-0.15, -0.1) is 0 Å². The molecule has 0 aliphatic carbocycles. The molecule has 1 aromatic rings. The second-order valence-corrected chi connectivity index (χ2v) is 1.97. The zero-order valence-corrected chi connectivity index (χ0v) is 5.97. The van der Waals surface area contributed by atoms with Crippen LogP contribution in [0.5, 0.6) is 0 Å². The molecular weight excluding hydrogens is 154 g/mol. The molecule has 7 heteroatoms. The highest BCUT2D eigenvalue weighted by Gasteiger charge is 1.92. The summed E-state index contributed by atoms with van der Waals surface area (Å²) < 4.78 is 0.230. The molecule has 0 radical (unpaired) electrons. The minimum Gasteiger partial charge on any atom is -0.273 e. The molecule has 0 aromatic carbocycles. The van der Waals surface area contributed by atoms with Gasteiger partial charge in [0.15, 0.2) is 0 Å². The number of hydrogen-bond acceptors (Lipinski definition) is 4. The van der Waals surface area contributed by atoms with E-state index in [-0.39, 0.29) is 10.7 Å². The van der Waals surface area contributed by atoms with Crippen molar-refractivity contribution in [1.82, 2.24) is 20.3 Å². The van der Waals surface area contributed by atoms with E-state index in [1.807, 2.05) is 0 Å². The lowest BCUT2D eigenvalue weighted by Gasteiger charge is -1.95. The van der Waals surface area contributed by atoms with E-state index in [2.05, 4.69) is 33.1 Å². The standard InChI is InChI=1S/C3H5N5OS/c1-2(9)5-8-6-3(10)4-7-8/h1H3,(H,5,9)(H,6,10). The summed E-state index contributed by atoms with van der Waals surface area (Å²) in [5.41, 5.74) is 2.31. The maximum Gasteiger partial charge on any atom is 0.238 e. The van der Waals surface area contributed by atoms with Gasteiger partial charge >= 0.3 is 0 Å². The summed E-state index contributed by atoms with van der Waals surface area (Å²) in [4.78, 5) is 11.4. The van der Waals surface area contributed by atoms with Gasteiger partial charge in [0, 0.05) is 6.92 Å². The van der Waals surface area contributed by atoms with Crippen molar-refractivity contribution < 1.29 is 4.79 Å². The van der Waals surface area contributed by atoms with E-state index >= 15 is 0 Å². The Morgan fingerprint density at radius 3 is 3.00 bits per heavy atom. The van der Waals surface area contributed by atoms with Crippen LogP contribution in [0.4, 0.5) is 0 Å². The molecule has 0 saturated heterocycles. The molecule has 1 aromatic heterocycles. The molecule has 0 aliphatic rings. The Bertz CT molecular complexity index is 287. The summed E-state index contributed by atoms with van der Waals surface area (Å²) in [6.45, 7) is 1.36. The van der Waals surface area contributed by atoms with Crippen LogP contribution < -0.4 is 5.43 Å². The largest absolute Gasteiger partial charge is 0.273 e. The Balaban J connectivity index is 2.76. The number of nitrogens with one attached hydrogen (secondary N) is 2. The fourth-order valence-corrected chi connectivity index (χ4v) is 0.543. The second-order valence-electron chi connectivity index (χ2n) is 1.59. The molecule has 1 heterocycles. The Morgan fingerprint density at radius 1 is 1.90 bits per heavy atom. The quantitative estimate of drug-likeness (QED) is 0.538. The first-order valence-corrected chi connectivity index (χ1v) is 2.89. The summed E-state index contributed by atoms with van der Waals surface area (Å²) in [5, 5.41) is 9.34. The van der Waals surface area contributed by atoms with Crippen LogP contribution in [0.3, 0.4) is 0 Å². The first-order valence-electron chi connectivity index (χ1n) is 2.48. The molecule has 0 spiro atoms. The molecule has 0 bridgehead atoms. The van der Waals surface area contributed by atoms with Gasteiger partial charge in [-0.2, -0.15) is 0 Å². The third kappa shape index (κ3) is 1.62. The zero-order chi connectivity index (χ0) is 7.56. The monoisotopic (exact) mass is 159 g/mol. The Kier molecular flexibility index (Phi) is 1.76. The highest BCUT2D eigenvalue weighted by Crippen LogP contribution is 1.71. The van der Waals surface area contributed by atoms with Crippen molar-refractivity contribution >= 4 is 18.1 Å². The molecule has 0 unspecified atom stereocenters. The van der Waals surface area contributed by atoms with Crippen molar-refractivity contribution in [2.45, 2.75) is 6.92 Å². The fraction of sp³-hybridized carbons (Fsp3) is 0.333. The van der Waals surface area contributed by atoms with E-state index in [4.69, 9.17) is 0 Å². The van der Waals surface area contributed by atoms with Crippen LogP contribution in [0.1, 0.15) is 6.92 Å². The molecule has 1 rings (SSSR count). The van der Waals surface area contributed by atoms with Crippen molar-refractivity contribution in [3.05, 3.63) is 4.77 Å². The molecule has 2 N–H and O–H groups in total. The smallest absolute Gasteiger partial charge is 0.238 e. The molecular formula is C3H5N5OS. The van der Waals surface area contributed by atoms with Gasteiger partial charge in [-0.25, -0.2) is 10.5 Å². The molecule has 0 saturated carbocycles. The van der Waals surface area contributed by atoms with Crippen LogP contribution in [0.25, 0.3) is 0 Å². The lowest BCUT2D eigenvalue weighted by molar-refractivity contribution is -0.115. The van der Waals surface area contributed by atoms with Crippen molar-refractivity contribution in [3.63, 3.8) is 0 Å². The van der Waals surface area contributed by atoms with Crippen LogP contribution in [0.15, 0.2) is 0 Å². The Morgan fingerprint density at radius 2 is 2.60 bits per heavy atom. The number of rotatable bonds is 1. The highest BCUT2D eigenvalue weighted by molar-refractivity contribution is 7.71. The van der Waals surface area contributed by atoms with E-state index in [1.54, 1.807) is 0 Å². The molecule has 54 valence electrons. The maximum atomic E-state index is 10.4. The molecule has 0 fully saturated rings. The summed E-state index contributed by atoms with van der Waals surface area (Å²) in [5.74, 6) is -0.240. The average Bonchev–Trinajstić information content (AvgIpc) is 2.13. The maximum absolute atomic E-state index is 10.4. The number of aromatic amines is 1. The third-order valence-electron chi connectivity index (χ3n) is 0.690. The number of hydrogen-bond donors (Lipinski definition) is 2. The Hall–Kier alpha value is -1.24. The van der Waals surface area contributed by atoms with Gasteiger partial charge in [0.05, 0.1) is 0 Å². The highest BCUT2D eigenvalue weighted by atomic mass is 32.1. The Labute approximate surface area is 61.2 Å². The van der Waals surface area contributed by atoms with Crippen LogP contribution >= 0.6 is 12.2 Å². The zero-order valence-electron chi connectivity index (χ0n) is 5.16. The topological polar surface area (TPSA) is 75.6 Å². The SMILES string of the molecule is CC(=O)Nn1nnc(=S)[nH]1. The van der Waals surface area contributed by atoms with Crippen LogP contribution in [0.2, 0.25) is 0 Å². The minimum absolute atomic E-state index is 0.230. The van der Waals surface area contributed by atoms with Gasteiger partial charge in [-0.05, 0) is 17.4 Å². The molecule has 1 amide bonds. The van der Waals surface area contributed by atoms with Crippen LogP contribution in [0, 0.1) is 4.77 Å². The van der Waals surface area contributed by atoms with Crippen LogP contribution in [-0.4, -0.2) is 26.2 Å². The number of nitrogens with zero attached hydrogens (tertiary/aromatic N) is 3. The molecule has 10 heavy (non-hydrogen) atoms. The van der Waals surface area contributed by atoms with Gasteiger partial charge in [-0.3, -0.25) is 4.79 Å². The predicted molar refractivity (Wildman–Crippen MR) is 35.2 cm³/mol. The number of H-pyrrole nitrogens is 1. The van der Waals surface area contributed by atoms with E-state index in [9.17, 15) is 4.79 Å². The predicted octanol–water partition coefficient (Wildman–Crippen LogP) is -0.574.